The van der Waals surface area contributed by atoms with Crippen molar-refractivity contribution in [1.82, 2.24) is 14.9 Å². The molecule has 18 heavy (non-hydrogen) atoms. The first kappa shape index (κ1) is 17.6. The standard InChI is InChI=1S/C10H21N3O3S.ClH/c1-7-9(3)13(6-5-11-7)10(14)8(2)12-17(4,15)16;/h7-9,11-12H,5-6H2,1-4H3;1H. The second kappa shape index (κ2) is 6.70. The Bertz CT molecular complexity index is 388. The van der Waals surface area contributed by atoms with Crippen LogP contribution in [0.15, 0.2) is 0 Å². The maximum atomic E-state index is 12.1. The highest BCUT2D eigenvalue weighted by molar-refractivity contribution is 7.88. The molecule has 1 fully saturated rings. The lowest BCUT2D eigenvalue weighted by molar-refractivity contribution is -0.136. The van der Waals surface area contributed by atoms with E-state index in [4.69, 9.17) is 0 Å². The number of hydrogen-bond donors (Lipinski definition) is 2. The Balaban J connectivity index is 0.00000289. The van der Waals surface area contributed by atoms with Gasteiger partial charge in [-0.15, -0.1) is 12.4 Å². The van der Waals surface area contributed by atoms with Crippen molar-refractivity contribution in [3.8, 4) is 0 Å². The van der Waals surface area contributed by atoms with Gasteiger partial charge in [-0.25, -0.2) is 13.1 Å². The van der Waals surface area contributed by atoms with Gasteiger partial charge in [-0.2, -0.15) is 0 Å². The Kier molecular flexibility index (Phi) is 6.56. The average Bonchev–Trinajstić information content (AvgIpc) is 2.18. The van der Waals surface area contributed by atoms with Crippen LogP contribution in [0.1, 0.15) is 20.8 Å². The van der Waals surface area contributed by atoms with E-state index in [-0.39, 0.29) is 30.4 Å². The number of amides is 1. The van der Waals surface area contributed by atoms with Gasteiger partial charge in [0.05, 0.1) is 12.3 Å². The summed E-state index contributed by atoms with van der Waals surface area (Å²) in [6.45, 7) is 6.90. The predicted molar refractivity (Wildman–Crippen MR) is 73.3 cm³/mol. The van der Waals surface area contributed by atoms with E-state index < -0.39 is 16.1 Å². The van der Waals surface area contributed by atoms with Crippen molar-refractivity contribution in [1.29, 1.82) is 0 Å². The molecule has 3 unspecified atom stereocenters. The van der Waals surface area contributed by atoms with Gasteiger partial charge in [0.1, 0.15) is 0 Å². The highest BCUT2D eigenvalue weighted by Gasteiger charge is 2.31. The van der Waals surface area contributed by atoms with Crippen LogP contribution < -0.4 is 10.0 Å². The van der Waals surface area contributed by atoms with Crippen LogP contribution >= 0.6 is 12.4 Å². The molecule has 8 heteroatoms. The molecular formula is C10H22ClN3O3S. The van der Waals surface area contributed by atoms with Gasteiger partial charge in [0, 0.05) is 25.2 Å². The lowest BCUT2D eigenvalue weighted by Crippen LogP contribution is -2.60. The number of piperazine rings is 1. The molecule has 2 N–H and O–H groups in total. The summed E-state index contributed by atoms with van der Waals surface area (Å²) in [6, 6.07) is -0.420. The monoisotopic (exact) mass is 299 g/mol. The minimum Gasteiger partial charge on any atom is -0.336 e. The number of carbonyl (C=O) groups is 1. The Morgan fingerprint density at radius 2 is 2.00 bits per heavy atom. The molecule has 1 rings (SSSR count). The van der Waals surface area contributed by atoms with Gasteiger partial charge in [0.15, 0.2) is 0 Å². The third-order valence-corrected chi connectivity index (χ3v) is 3.86. The van der Waals surface area contributed by atoms with Gasteiger partial charge >= 0.3 is 0 Å². The fourth-order valence-corrected chi connectivity index (χ4v) is 2.73. The van der Waals surface area contributed by atoms with Gasteiger partial charge in [0.25, 0.3) is 0 Å². The van der Waals surface area contributed by atoms with E-state index in [0.29, 0.717) is 6.54 Å². The van der Waals surface area contributed by atoms with E-state index in [0.717, 1.165) is 12.8 Å². The average molecular weight is 300 g/mol. The van der Waals surface area contributed by atoms with E-state index in [1.54, 1.807) is 11.8 Å². The van der Waals surface area contributed by atoms with E-state index >= 15 is 0 Å². The number of halogens is 1. The molecule has 0 aromatic rings. The molecule has 1 heterocycles. The van der Waals surface area contributed by atoms with Crippen molar-refractivity contribution in [2.45, 2.75) is 38.9 Å². The smallest absolute Gasteiger partial charge is 0.240 e. The van der Waals surface area contributed by atoms with Crippen molar-refractivity contribution in [3.63, 3.8) is 0 Å². The van der Waals surface area contributed by atoms with Gasteiger partial charge in [-0.1, -0.05) is 0 Å². The molecule has 0 spiro atoms. The van der Waals surface area contributed by atoms with Crippen molar-refractivity contribution < 1.29 is 13.2 Å². The molecule has 1 aliphatic heterocycles. The van der Waals surface area contributed by atoms with Crippen molar-refractivity contribution in [3.05, 3.63) is 0 Å². The number of nitrogens with zero attached hydrogens (tertiary/aromatic N) is 1. The van der Waals surface area contributed by atoms with Crippen LogP contribution in [-0.2, 0) is 14.8 Å². The summed E-state index contributed by atoms with van der Waals surface area (Å²) < 4.78 is 24.5. The van der Waals surface area contributed by atoms with Crippen LogP contribution in [0.5, 0.6) is 0 Å². The van der Waals surface area contributed by atoms with Crippen molar-refractivity contribution >= 4 is 28.3 Å². The zero-order valence-corrected chi connectivity index (χ0v) is 12.8. The maximum absolute atomic E-state index is 12.1. The molecule has 3 atom stereocenters. The van der Waals surface area contributed by atoms with Gasteiger partial charge in [-0.3, -0.25) is 4.79 Å². The fraction of sp³-hybridized carbons (Fsp3) is 0.900. The minimum absolute atomic E-state index is 0. The van der Waals surface area contributed by atoms with Crippen LogP contribution in [0.4, 0.5) is 0 Å². The number of rotatable bonds is 3. The molecule has 0 saturated carbocycles. The van der Waals surface area contributed by atoms with Crippen LogP contribution in [0.3, 0.4) is 0 Å². The molecule has 0 aromatic heterocycles. The van der Waals surface area contributed by atoms with Crippen LogP contribution in [0.25, 0.3) is 0 Å². The summed E-state index contributed by atoms with van der Waals surface area (Å²) in [5.74, 6) is -0.170. The zero-order chi connectivity index (χ0) is 13.2. The lowest BCUT2D eigenvalue weighted by atomic mass is 10.1. The molecule has 0 bridgehead atoms. The summed E-state index contributed by atoms with van der Waals surface area (Å²) in [6.07, 6.45) is 1.06. The number of hydrogen-bond acceptors (Lipinski definition) is 4. The van der Waals surface area contributed by atoms with Gasteiger partial charge < -0.3 is 10.2 Å². The molecule has 1 saturated heterocycles. The quantitative estimate of drug-likeness (QED) is 0.740. The van der Waals surface area contributed by atoms with E-state index in [2.05, 4.69) is 10.0 Å². The predicted octanol–water partition coefficient (Wildman–Crippen LogP) is -0.445. The molecule has 6 nitrogen and oxygen atoms in total. The van der Waals surface area contributed by atoms with Crippen LogP contribution in [-0.4, -0.2) is 56.7 Å². The molecule has 108 valence electrons. The Morgan fingerprint density at radius 3 is 2.50 bits per heavy atom. The molecule has 0 aliphatic carbocycles. The molecular weight excluding hydrogens is 278 g/mol. The topological polar surface area (TPSA) is 78.5 Å². The minimum atomic E-state index is -3.35. The third-order valence-electron chi connectivity index (χ3n) is 3.08. The summed E-state index contributed by atoms with van der Waals surface area (Å²) in [7, 11) is -3.35. The van der Waals surface area contributed by atoms with Crippen LogP contribution in [0, 0.1) is 0 Å². The first-order chi connectivity index (χ1) is 7.72. The normalized spacial score (nSPS) is 26.3. The van der Waals surface area contributed by atoms with Crippen molar-refractivity contribution in [2.24, 2.45) is 0 Å². The first-order valence-electron chi connectivity index (χ1n) is 5.73. The summed E-state index contributed by atoms with van der Waals surface area (Å²) in [4.78, 5) is 13.8. The molecule has 0 radical (unpaired) electrons. The summed E-state index contributed by atoms with van der Waals surface area (Å²) >= 11 is 0. The molecule has 0 aromatic carbocycles. The second-order valence-corrected chi connectivity index (χ2v) is 6.41. The zero-order valence-electron chi connectivity index (χ0n) is 11.1. The third kappa shape index (κ3) is 4.72. The Hall–Kier alpha value is -0.370. The second-order valence-electron chi connectivity index (χ2n) is 4.63. The number of sulfonamides is 1. The van der Waals surface area contributed by atoms with Crippen LogP contribution in [0.2, 0.25) is 0 Å². The van der Waals surface area contributed by atoms with Crippen molar-refractivity contribution in [2.75, 3.05) is 19.3 Å². The highest BCUT2D eigenvalue weighted by Crippen LogP contribution is 2.10. The highest BCUT2D eigenvalue weighted by atomic mass is 35.5. The molecule has 1 aliphatic rings. The first-order valence-corrected chi connectivity index (χ1v) is 7.62. The Labute approximate surface area is 115 Å². The maximum Gasteiger partial charge on any atom is 0.240 e. The largest absolute Gasteiger partial charge is 0.336 e. The molecule has 1 amide bonds. The fourth-order valence-electron chi connectivity index (χ4n) is 1.99. The lowest BCUT2D eigenvalue weighted by Gasteiger charge is -2.39. The summed E-state index contributed by atoms with van der Waals surface area (Å²) in [5, 5.41) is 3.27. The van der Waals surface area contributed by atoms with E-state index in [1.807, 2.05) is 13.8 Å². The summed E-state index contributed by atoms with van der Waals surface area (Å²) in [5.41, 5.74) is 0. The number of nitrogens with one attached hydrogen (secondary N) is 2. The van der Waals surface area contributed by atoms with Gasteiger partial charge in [-0.05, 0) is 20.8 Å². The number of carbonyl (C=O) groups excluding carboxylic acids is 1. The van der Waals surface area contributed by atoms with Gasteiger partial charge in [0.2, 0.25) is 15.9 Å². The SMILES string of the molecule is CC(NS(C)(=O)=O)C(=O)N1CCNC(C)C1C.Cl. The van der Waals surface area contributed by atoms with E-state index in [9.17, 15) is 13.2 Å². The Morgan fingerprint density at radius 1 is 1.44 bits per heavy atom. The van der Waals surface area contributed by atoms with E-state index in [1.165, 1.54) is 0 Å².